The first-order valence-electron chi connectivity index (χ1n) is 7.00. The minimum absolute atomic E-state index is 0.204. The van der Waals surface area contributed by atoms with E-state index in [2.05, 4.69) is 5.32 Å². The van der Waals surface area contributed by atoms with Crippen LogP contribution < -0.4 is 15.8 Å². The summed E-state index contributed by atoms with van der Waals surface area (Å²) >= 11 is 5.88. The SMILES string of the molecule is Cc1ccc(C(N)=O)c(OCC(=O)NCc2cccc(Cl)c2)c1. The lowest BCUT2D eigenvalue weighted by molar-refractivity contribution is -0.123. The monoisotopic (exact) mass is 332 g/mol. The van der Waals surface area contributed by atoms with Gasteiger partial charge in [-0.3, -0.25) is 9.59 Å². The van der Waals surface area contributed by atoms with Crippen molar-refractivity contribution in [3.8, 4) is 5.75 Å². The van der Waals surface area contributed by atoms with Crippen LogP contribution in [-0.4, -0.2) is 18.4 Å². The summed E-state index contributed by atoms with van der Waals surface area (Å²) in [4.78, 5) is 23.2. The van der Waals surface area contributed by atoms with Gasteiger partial charge in [0.15, 0.2) is 6.61 Å². The Morgan fingerprint density at radius 1 is 1.22 bits per heavy atom. The maximum absolute atomic E-state index is 11.9. The van der Waals surface area contributed by atoms with Crippen molar-refractivity contribution < 1.29 is 14.3 Å². The largest absolute Gasteiger partial charge is 0.483 e. The van der Waals surface area contributed by atoms with Crippen molar-refractivity contribution in [3.63, 3.8) is 0 Å². The number of hydrogen-bond donors (Lipinski definition) is 2. The third kappa shape index (κ3) is 5.00. The number of amides is 2. The molecule has 0 saturated carbocycles. The summed E-state index contributed by atoms with van der Waals surface area (Å²) in [5.74, 6) is -0.600. The predicted molar refractivity (Wildman–Crippen MR) is 88.5 cm³/mol. The van der Waals surface area contributed by atoms with Crippen LogP contribution in [0.25, 0.3) is 0 Å². The van der Waals surface area contributed by atoms with Gasteiger partial charge in [0.1, 0.15) is 5.75 Å². The second-order valence-electron chi connectivity index (χ2n) is 5.06. The first-order valence-corrected chi connectivity index (χ1v) is 7.38. The van der Waals surface area contributed by atoms with Gasteiger partial charge in [-0.15, -0.1) is 0 Å². The van der Waals surface area contributed by atoms with Crippen LogP contribution in [0.3, 0.4) is 0 Å². The molecule has 0 aliphatic heterocycles. The Labute approximate surface area is 139 Å². The molecule has 0 atom stereocenters. The van der Waals surface area contributed by atoms with Crippen molar-refractivity contribution in [2.24, 2.45) is 5.73 Å². The number of carbonyl (C=O) groups is 2. The Morgan fingerprint density at radius 3 is 2.70 bits per heavy atom. The van der Waals surface area contributed by atoms with Crippen LogP contribution in [0, 0.1) is 6.92 Å². The van der Waals surface area contributed by atoms with E-state index >= 15 is 0 Å². The smallest absolute Gasteiger partial charge is 0.258 e. The summed E-state index contributed by atoms with van der Waals surface area (Å²) in [7, 11) is 0. The molecule has 5 nitrogen and oxygen atoms in total. The van der Waals surface area contributed by atoms with Crippen molar-refractivity contribution in [2.75, 3.05) is 6.61 Å². The van der Waals surface area contributed by atoms with Crippen LogP contribution in [0.1, 0.15) is 21.5 Å². The molecule has 0 unspecified atom stereocenters. The summed E-state index contributed by atoms with van der Waals surface area (Å²) in [6, 6.07) is 12.2. The number of benzene rings is 2. The molecule has 0 bridgehead atoms. The van der Waals surface area contributed by atoms with E-state index < -0.39 is 5.91 Å². The minimum atomic E-state index is -0.598. The zero-order valence-electron chi connectivity index (χ0n) is 12.6. The molecular formula is C17H17ClN2O3. The summed E-state index contributed by atoms with van der Waals surface area (Å²) in [5, 5.41) is 3.33. The van der Waals surface area contributed by atoms with Crippen LogP contribution in [0.15, 0.2) is 42.5 Å². The van der Waals surface area contributed by atoms with Gasteiger partial charge in [0.2, 0.25) is 0 Å². The van der Waals surface area contributed by atoms with Crippen molar-refractivity contribution in [1.29, 1.82) is 0 Å². The molecule has 0 aliphatic rings. The number of primary amides is 1. The van der Waals surface area contributed by atoms with E-state index in [1.165, 1.54) is 0 Å². The molecule has 0 aromatic heterocycles. The fourth-order valence-electron chi connectivity index (χ4n) is 1.99. The number of rotatable bonds is 6. The van der Waals surface area contributed by atoms with Gasteiger partial charge in [-0.25, -0.2) is 0 Å². The fourth-order valence-corrected chi connectivity index (χ4v) is 2.21. The van der Waals surface area contributed by atoms with Crippen molar-refractivity contribution >= 4 is 23.4 Å². The Bertz CT molecular complexity index is 732. The van der Waals surface area contributed by atoms with E-state index in [1.807, 2.05) is 19.1 Å². The number of carbonyl (C=O) groups excluding carboxylic acids is 2. The molecular weight excluding hydrogens is 316 g/mol. The number of hydrogen-bond acceptors (Lipinski definition) is 3. The van der Waals surface area contributed by atoms with Crippen LogP contribution in [0.4, 0.5) is 0 Å². The molecule has 2 rings (SSSR count). The van der Waals surface area contributed by atoms with Crippen LogP contribution in [-0.2, 0) is 11.3 Å². The van der Waals surface area contributed by atoms with Gasteiger partial charge < -0.3 is 15.8 Å². The lowest BCUT2D eigenvalue weighted by atomic mass is 10.1. The highest BCUT2D eigenvalue weighted by Gasteiger charge is 2.11. The van der Waals surface area contributed by atoms with Crippen LogP contribution in [0.2, 0.25) is 5.02 Å². The molecule has 2 aromatic carbocycles. The summed E-state index contributed by atoms with van der Waals surface area (Å²) in [6.45, 7) is 2.00. The van der Waals surface area contributed by atoms with Crippen LogP contribution >= 0.6 is 11.6 Å². The summed E-state index contributed by atoms with van der Waals surface area (Å²) < 4.78 is 5.41. The van der Waals surface area contributed by atoms with Gasteiger partial charge in [-0.05, 0) is 42.3 Å². The summed E-state index contributed by atoms with van der Waals surface area (Å²) in [6.07, 6.45) is 0. The highest BCUT2D eigenvalue weighted by Crippen LogP contribution is 2.19. The molecule has 0 radical (unpaired) electrons. The second kappa shape index (κ2) is 7.65. The predicted octanol–water partition coefficient (Wildman–Crippen LogP) is 2.44. The van der Waals surface area contributed by atoms with Crippen molar-refractivity contribution in [3.05, 3.63) is 64.2 Å². The van der Waals surface area contributed by atoms with E-state index in [0.29, 0.717) is 17.3 Å². The molecule has 2 amide bonds. The Balaban J connectivity index is 1.92. The molecule has 0 saturated heterocycles. The first-order chi connectivity index (χ1) is 11.0. The molecule has 23 heavy (non-hydrogen) atoms. The zero-order chi connectivity index (χ0) is 16.8. The third-order valence-electron chi connectivity index (χ3n) is 3.14. The van der Waals surface area contributed by atoms with Gasteiger partial charge in [0.05, 0.1) is 5.56 Å². The van der Waals surface area contributed by atoms with Crippen molar-refractivity contribution in [1.82, 2.24) is 5.32 Å². The lowest BCUT2D eigenvalue weighted by Crippen LogP contribution is -2.28. The quantitative estimate of drug-likeness (QED) is 0.852. The molecule has 0 heterocycles. The minimum Gasteiger partial charge on any atom is -0.483 e. The van der Waals surface area contributed by atoms with E-state index in [9.17, 15) is 9.59 Å². The Morgan fingerprint density at radius 2 is 2.00 bits per heavy atom. The van der Waals surface area contributed by atoms with E-state index in [0.717, 1.165) is 11.1 Å². The molecule has 6 heteroatoms. The van der Waals surface area contributed by atoms with Gasteiger partial charge >= 0.3 is 0 Å². The van der Waals surface area contributed by atoms with E-state index in [4.69, 9.17) is 22.1 Å². The maximum Gasteiger partial charge on any atom is 0.258 e. The second-order valence-corrected chi connectivity index (χ2v) is 5.50. The molecule has 0 aliphatic carbocycles. The lowest BCUT2D eigenvalue weighted by Gasteiger charge is -2.11. The number of nitrogens with one attached hydrogen (secondary N) is 1. The summed E-state index contributed by atoms with van der Waals surface area (Å²) in [5.41, 5.74) is 7.33. The zero-order valence-corrected chi connectivity index (χ0v) is 13.4. The average molecular weight is 333 g/mol. The Kier molecular flexibility index (Phi) is 5.60. The Hall–Kier alpha value is -2.53. The highest BCUT2D eigenvalue weighted by atomic mass is 35.5. The number of halogens is 1. The number of ether oxygens (including phenoxy) is 1. The highest BCUT2D eigenvalue weighted by molar-refractivity contribution is 6.30. The number of nitrogens with two attached hydrogens (primary N) is 1. The molecule has 120 valence electrons. The maximum atomic E-state index is 11.9. The van der Waals surface area contributed by atoms with Crippen LogP contribution in [0.5, 0.6) is 5.75 Å². The normalized spacial score (nSPS) is 10.2. The standard InChI is InChI=1S/C17H17ClN2O3/c1-11-5-6-14(17(19)22)15(7-11)23-10-16(21)20-9-12-3-2-4-13(18)8-12/h2-8H,9-10H2,1H3,(H2,19,22)(H,20,21). The van der Waals surface area contributed by atoms with Gasteiger partial charge in [-0.1, -0.05) is 29.8 Å². The van der Waals surface area contributed by atoms with E-state index in [-0.39, 0.29) is 18.1 Å². The fraction of sp³-hybridized carbons (Fsp3) is 0.176. The van der Waals surface area contributed by atoms with Gasteiger partial charge in [-0.2, -0.15) is 0 Å². The van der Waals surface area contributed by atoms with Gasteiger partial charge in [0.25, 0.3) is 11.8 Å². The topological polar surface area (TPSA) is 81.4 Å². The average Bonchev–Trinajstić information content (AvgIpc) is 2.50. The molecule has 0 spiro atoms. The van der Waals surface area contributed by atoms with E-state index in [1.54, 1.807) is 30.3 Å². The number of aryl methyl sites for hydroxylation is 1. The molecule has 2 aromatic rings. The molecule has 3 N–H and O–H groups in total. The van der Waals surface area contributed by atoms with Crippen molar-refractivity contribution in [2.45, 2.75) is 13.5 Å². The molecule has 0 fully saturated rings. The first kappa shape index (κ1) is 16.8. The van der Waals surface area contributed by atoms with Gasteiger partial charge in [0, 0.05) is 11.6 Å². The third-order valence-corrected chi connectivity index (χ3v) is 3.38.